The number of benzene rings is 3. The molecule has 3 aromatic rings. The van der Waals surface area contributed by atoms with E-state index in [2.05, 4.69) is 32.9 Å². The third-order valence-corrected chi connectivity index (χ3v) is 7.25. The van der Waals surface area contributed by atoms with Gasteiger partial charge in [0.05, 0.1) is 28.9 Å². The summed E-state index contributed by atoms with van der Waals surface area (Å²) in [6.45, 7) is 10.3. The predicted octanol–water partition coefficient (Wildman–Crippen LogP) is 9.24. The molecule has 6 heteroatoms. The average molecular weight is 575 g/mol. The van der Waals surface area contributed by atoms with Crippen LogP contribution >= 0.6 is 0 Å². The van der Waals surface area contributed by atoms with E-state index in [1.165, 1.54) is 37.1 Å². The summed E-state index contributed by atoms with van der Waals surface area (Å²) in [4.78, 5) is 34.8. The molecule has 0 bridgehead atoms. The summed E-state index contributed by atoms with van der Waals surface area (Å²) in [5.74, 6) is -1.08. The lowest BCUT2D eigenvalue weighted by Gasteiger charge is -2.18. The molecule has 2 atom stereocenters. The Bertz CT molecular complexity index is 1210. The summed E-state index contributed by atoms with van der Waals surface area (Å²) in [5, 5.41) is 8.80. The van der Waals surface area contributed by atoms with Gasteiger partial charge in [0.1, 0.15) is 0 Å². The number of carboxylic acid groups (broad SMARTS) is 1. The van der Waals surface area contributed by atoms with E-state index in [4.69, 9.17) is 14.6 Å². The van der Waals surface area contributed by atoms with E-state index in [-0.39, 0.29) is 23.7 Å². The fourth-order valence-electron chi connectivity index (χ4n) is 4.56. The van der Waals surface area contributed by atoms with Crippen molar-refractivity contribution in [2.75, 3.05) is 0 Å². The molecular formula is C36H46O6. The number of hydrogen-bond acceptors (Lipinski definition) is 5. The molecule has 0 aliphatic carbocycles. The van der Waals surface area contributed by atoms with Crippen LogP contribution in [0, 0.1) is 5.92 Å². The van der Waals surface area contributed by atoms with Crippen molar-refractivity contribution in [2.24, 2.45) is 5.92 Å². The number of rotatable bonds is 14. The van der Waals surface area contributed by atoms with Crippen molar-refractivity contribution in [3.05, 3.63) is 95.6 Å². The number of carbonyl (C=O) groups excluding carboxylic acids is 2. The number of esters is 2. The fourth-order valence-corrected chi connectivity index (χ4v) is 4.56. The second-order valence-corrected chi connectivity index (χ2v) is 10.7. The van der Waals surface area contributed by atoms with Gasteiger partial charge in [0.2, 0.25) is 0 Å². The first kappa shape index (κ1) is 34.3. The van der Waals surface area contributed by atoms with Gasteiger partial charge in [0, 0.05) is 0 Å². The summed E-state index contributed by atoms with van der Waals surface area (Å²) in [6.07, 6.45) is 7.26. The highest BCUT2D eigenvalue weighted by molar-refractivity contribution is 5.92. The minimum absolute atomic E-state index is 0.0205. The minimum Gasteiger partial charge on any atom is -0.478 e. The van der Waals surface area contributed by atoms with Crippen LogP contribution in [0.3, 0.4) is 0 Å². The highest BCUT2D eigenvalue weighted by Crippen LogP contribution is 2.20. The average Bonchev–Trinajstić information content (AvgIpc) is 3.00. The van der Waals surface area contributed by atoms with Crippen molar-refractivity contribution in [1.82, 2.24) is 0 Å². The summed E-state index contributed by atoms with van der Waals surface area (Å²) >= 11 is 0. The Kier molecular flexibility index (Phi) is 15.1. The van der Waals surface area contributed by atoms with Gasteiger partial charge in [-0.25, -0.2) is 14.4 Å². The van der Waals surface area contributed by atoms with Crippen molar-refractivity contribution >= 4 is 17.9 Å². The fraction of sp³-hybridized carbons (Fsp3) is 0.417. The van der Waals surface area contributed by atoms with Gasteiger partial charge in [0.15, 0.2) is 0 Å². The number of unbranched alkanes of at least 4 members (excludes halogenated alkanes) is 2. The molecule has 1 N–H and O–H groups in total. The standard InChI is InChI=1S/C20H24O2.C16H22O4/c1-3-4-6-9-16(2)22-20(21)19-14-12-18(13-15-19)17-10-7-5-8-11-17;1-4-12(5-2)10-11(3)20-16(19)14-8-6-13(7-9-14)15(17)18/h5,7-8,10-16H,3-4,6,9H2,1-2H3;6-9,11-12H,4-5,10H2,1-3H3,(H,17,18)/t16-;11-/m11/s1. The van der Waals surface area contributed by atoms with Crippen LogP contribution in [0.5, 0.6) is 0 Å². The van der Waals surface area contributed by atoms with Crippen LogP contribution in [0.15, 0.2) is 78.9 Å². The van der Waals surface area contributed by atoms with Crippen LogP contribution in [0.25, 0.3) is 11.1 Å². The third-order valence-electron chi connectivity index (χ3n) is 7.25. The maximum absolute atomic E-state index is 12.1. The van der Waals surface area contributed by atoms with Gasteiger partial charge in [-0.05, 0) is 86.6 Å². The van der Waals surface area contributed by atoms with E-state index in [0.29, 0.717) is 17.0 Å². The molecule has 0 amide bonds. The van der Waals surface area contributed by atoms with Crippen molar-refractivity contribution in [3.8, 4) is 11.1 Å². The number of aromatic carboxylic acids is 1. The molecule has 0 aliphatic heterocycles. The quantitative estimate of drug-likeness (QED) is 0.152. The Morgan fingerprint density at radius 2 is 1.12 bits per heavy atom. The SMILES string of the molecule is CCC(CC)C[C@@H](C)OC(=O)c1ccc(C(=O)O)cc1.CCCCC[C@@H](C)OC(=O)c1ccc(-c2ccccc2)cc1. The molecule has 226 valence electrons. The number of ether oxygens (including phenoxy) is 2. The lowest BCUT2D eigenvalue weighted by Crippen LogP contribution is -2.18. The van der Waals surface area contributed by atoms with Gasteiger partial charge in [-0.2, -0.15) is 0 Å². The van der Waals surface area contributed by atoms with E-state index in [0.717, 1.165) is 43.2 Å². The van der Waals surface area contributed by atoms with Crippen molar-refractivity contribution in [2.45, 2.75) is 91.8 Å². The molecule has 3 aromatic carbocycles. The van der Waals surface area contributed by atoms with Crippen LogP contribution in [-0.2, 0) is 9.47 Å². The maximum atomic E-state index is 12.1. The molecule has 0 saturated heterocycles. The normalized spacial score (nSPS) is 12.0. The van der Waals surface area contributed by atoms with Gasteiger partial charge >= 0.3 is 17.9 Å². The Balaban J connectivity index is 0.000000295. The summed E-state index contributed by atoms with van der Waals surface area (Å²) in [5.41, 5.74) is 3.41. The molecule has 0 aromatic heterocycles. The van der Waals surface area contributed by atoms with E-state index in [1.54, 1.807) is 0 Å². The highest BCUT2D eigenvalue weighted by atomic mass is 16.5. The van der Waals surface area contributed by atoms with Crippen molar-refractivity contribution in [3.63, 3.8) is 0 Å². The third kappa shape index (κ3) is 11.9. The molecule has 0 spiro atoms. The molecule has 42 heavy (non-hydrogen) atoms. The molecule has 3 rings (SSSR count). The molecule has 0 heterocycles. The molecule has 0 radical (unpaired) electrons. The van der Waals surface area contributed by atoms with Gasteiger partial charge in [-0.3, -0.25) is 0 Å². The van der Waals surface area contributed by atoms with E-state index in [9.17, 15) is 14.4 Å². The first-order valence-corrected chi connectivity index (χ1v) is 15.1. The number of carboxylic acids is 1. The largest absolute Gasteiger partial charge is 0.478 e. The van der Waals surface area contributed by atoms with E-state index < -0.39 is 11.9 Å². The molecule has 0 aliphatic rings. The zero-order chi connectivity index (χ0) is 30.9. The first-order valence-electron chi connectivity index (χ1n) is 15.1. The molecule has 0 unspecified atom stereocenters. The Hall–Kier alpha value is -3.93. The summed E-state index contributed by atoms with van der Waals surface area (Å²) < 4.78 is 10.9. The molecule has 0 saturated carbocycles. The monoisotopic (exact) mass is 574 g/mol. The van der Waals surface area contributed by atoms with E-state index in [1.807, 2.05) is 56.3 Å². The van der Waals surface area contributed by atoms with Crippen molar-refractivity contribution < 1.29 is 29.0 Å². The molecule has 0 fully saturated rings. The Morgan fingerprint density at radius 1 is 0.643 bits per heavy atom. The van der Waals surface area contributed by atoms with Crippen LogP contribution in [0.1, 0.15) is 111 Å². The lowest BCUT2D eigenvalue weighted by molar-refractivity contribution is 0.0282. The summed E-state index contributed by atoms with van der Waals surface area (Å²) in [7, 11) is 0. The topological polar surface area (TPSA) is 89.9 Å². The Morgan fingerprint density at radius 3 is 1.62 bits per heavy atom. The number of carbonyl (C=O) groups is 3. The highest BCUT2D eigenvalue weighted by Gasteiger charge is 2.16. The second-order valence-electron chi connectivity index (χ2n) is 10.7. The van der Waals surface area contributed by atoms with Crippen LogP contribution in [0.2, 0.25) is 0 Å². The predicted molar refractivity (Wildman–Crippen MR) is 168 cm³/mol. The molecular weight excluding hydrogens is 528 g/mol. The van der Waals surface area contributed by atoms with Gasteiger partial charge in [-0.1, -0.05) is 88.9 Å². The van der Waals surface area contributed by atoms with E-state index >= 15 is 0 Å². The second kappa shape index (κ2) is 18.5. The van der Waals surface area contributed by atoms with Gasteiger partial charge in [0.25, 0.3) is 0 Å². The lowest BCUT2D eigenvalue weighted by atomic mass is 9.97. The Labute approximate surface area is 251 Å². The number of hydrogen-bond donors (Lipinski definition) is 1. The van der Waals surface area contributed by atoms with Crippen LogP contribution in [0.4, 0.5) is 0 Å². The first-order chi connectivity index (χ1) is 20.2. The van der Waals surface area contributed by atoms with Gasteiger partial charge < -0.3 is 14.6 Å². The summed E-state index contributed by atoms with van der Waals surface area (Å²) in [6, 6.07) is 23.5. The van der Waals surface area contributed by atoms with Crippen LogP contribution < -0.4 is 0 Å². The van der Waals surface area contributed by atoms with Crippen LogP contribution in [-0.4, -0.2) is 35.2 Å². The smallest absolute Gasteiger partial charge is 0.338 e. The van der Waals surface area contributed by atoms with Crippen molar-refractivity contribution in [1.29, 1.82) is 0 Å². The zero-order valence-electron chi connectivity index (χ0n) is 25.7. The minimum atomic E-state index is -1.01. The maximum Gasteiger partial charge on any atom is 0.338 e. The zero-order valence-corrected chi connectivity index (χ0v) is 25.7. The van der Waals surface area contributed by atoms with Gasteiger partial charge in [-0.15, -0.1) is 0 Å². The molecule has 6 nitrogen and oxygen atoms in total.